The van der Waals surface area contributed by atoms with Crippen molar-refractivity contribution in [2.45, 2.75) is 20.3 Å². The molecule has 96 valence electrons. The second-order valence-electron chi connectivity index (χ2n) is 4.46. The van der Waals surface area contributed by atoms with Crippen molar-refractivity contribution < 1.29 is 0 Å². The van der Waals surface area contributed by atoms with E-state index in [9.17, 15) is 0 Å². The van der Waals surface area contributed by atoms with E-state index in [0.717, 1.165) is 30.0 Å². The monoisotopic (exact) mass is 244 g/mol. The van der Waals surface area contributed by atoms with Gasteiger partial charge in [-0.15, -0.1) is 0 Å². The summed E-state index contributed by atoms with van der Waals surface area (Å²) in [4.78, 5) is 0. The Morgan fingerprint density at radius 2 is 2.17 bits per heavy atom. The zero-order valence-electron chi connectivity index (χ0n) is 11.0. The van der Waals surface area contributed by atoms with Gasteiger partial charge in [-0.05, 0) is 44.5 Å². The number of hydrogen-bond donors (Lipinski definition) is 2. The molecule has 0 radical (unpaired) electrons. The predicted octanol–water partition coefficient (Wildman–Crippen LogP) is 2.25. The Kier molecular flexibility index (Phi) is 3.99. The van der Waals surface area contributed by atoms with Crippen LogP contribution in [0, 0.1) is 13.8 Å². The van der Waals surface area contributed by atoms with Crippen molar-refractivity contribution >= 4 is 5.69 Å². The first kappa shape index (κ1) is 12.6. The van der Waals surface area contributed by atoms with Gasteiger partial charge >= 0.3 is 0 Å². The molecule has 18 heavy (non-hydrogen) atoms. The first-order valence-corrected chi connectivity index (χ1v) is 6.28. The lowest BCUT2D eigenvalue weighted by Crippen LogP contribution is -2.09. The molecule has 0 aliphatic carbocycles. The Labute approximate surface area is 108 Å². The van der Waals surface area contributed by atoms with Gasteiger partial charge in [0.25, 0.3) is 0 Å². The van der Waals surface area contributed by atoms with E-state index >= 15 is 0 Å². The highest BCUT2D eigenvalue weighted by atomic mass is 15.3. The smallest absolute Gasteiger partial charge is 0.0761 e. The van der Waals surface area contributed by atoms with Gasteiger partial charge in [0.2, 0.25) is 0 Å². The van der Waals surface area contributed by atoms with Crippen molar-refractivity contribution in [3.63, 3.8) is 0 Å². The van der Waals surface area contributed by atoms with Crippen LogP contribution in [-0.4, -0.2) is 22.9 Å². The van der Waals surface area contributed by atoms with Crippen LogP contribution in [-0.2, 0) is 0 Å². The zero-order valence-corrected chi connectivity index (χ0v) is 11.0. The molecule has 2 rings (SSSR count). The van der Waals surface area contributed by atoms with E-state index in [1.54, 1.807) is 0 Å². The number of aryl methyl sites for hydroxylation is 1. The third-order valence-electron chi connectivity index (χ3n) is 2.95. The molecular formula is C14H20N4. The van der Waals surface area contributed by atoms with Crippen molar-refractivity contribution in [2.75, 3.05) is 18.4 Å². The molecule has 2 aromatic rings. The van der Waals surface area contributed by atoms with Gasteiger partial charge in [0.05, 0.1) is 23.3 Å². The average Bonchev–Trinajstić information content (AvgIpc) is 2.72. The van der Waals surface area contributed by atoms with Crippen LogP contribution < -0.4 is 11.1 Å². The van der Waals surface area contributed by atoms with Crippen LogP contribution in [0.25, 0.3) is 5.69 Å². The Morgan fingerprint density at radius 1 is 1.33 bits per heavy atom. The molecule has 0 bridgehead atoms. The maximum atomic E-state index is 5.48. The van der Waals surface area contributed by atoms with Gasteiger partial charge in [-0.25, -0.2) is 4.68 Å². The highest BCUT2D eigenvalue weighted by Crippen LogP contribution is 2.18. The lowest BCUT2D eigenvalue weighted by atomic mass is 10.2. The van der Waals surface area contributed by atoms with Crippen LogP contribution in [0.3, 0.4) is 0 Å². The molecule has 0 amide bonds. The summed E-state index contributed by atoms with van der Waals surface area (Å²) in [5.41, 5.74) is 10.0. The van der Waals surface area contributed by atoms with E-state index in [2.05, 4.69) is 42.5 Å². The van der Waals surface area contributed by atoms with Crippen LogP contribution in [0.15, 0.2) is 30.5 Å². The molecule has 1 heterocycles. The molecule has 0 saturated carbocycles. The molecule has 1 aromatic heterocycles. The number of nitrogens with zero attached hydrogens (tertiary/aromatic N) is 2. The average molecular weight is 244 g/mol. The summed E-state index contributed by atoms with van der Waals surface area (Å²) in [7, 11) is 0. The van der Waals surface area contributed by atoms with E-state index in [1.807, 2.05) is 16.9 Å². The maximum Gasteiger partial charge on any atom is 0.0761 e. The van der Waals surface area contributed by atoms with E-state index in [1.165, 1.54) is 5.56 Å². The SMILES string of the molecule is Cc1cccc(-n2ncc(NCCCN)c2C)c1. The molecule has 0 atom stereocenters. The number of aromatic nitrogens is 2. The quantitative estimate of drug-likeness (QED) is 0.793. The van der Waals surface area contributed by atoms with Crippen molar-refractivity contribution in [1.82, 2.24) is 9.78 Å². The normalized spacial score (nSPS) is 10.6. The highest BCUT2D eigenvalue weighted by Gasteiger charge is 2.07. The Balaban J connectivity index is 2.20. The van der Waals surface area contributed by atoms with Gasteiger partial charge < -0.3 is 11.1 Å². The third kappa shape index (κ3) is 2.71. The summed E-state index contributed by atoms with van der Waals surface area (Å²) < 4.78 is 1.96. The first-order valence-electron chi connectivity index (χ1n) is 6.28. The van der Waals surface area contributed by atoms with E-state index in [4.69, 9.17) is 5.73 Å². The molecule has 0 aliphatic rings. The summed E-state index contributed by atoms with van der Waals surface area (Å²) in [5.74, 6) is 0. The minimum atomic E-state index is 0.706. The van der Waals surface area contributed by atoms with Gasteiger partial charge in [0.1, 0.15) is 0 Å². The van der Waals surface area contributed by atoms with Crippen molar-refractivity contribution in [3.8, 4) is 5.69 Å². The van der Waals surface area contributed by atoms with Gasteiger partial charge in [-0.2, -0.15) is 5.10 Å². The predicted molar refractivity (Wildman–Crippen MR) is 75.2 cm³/mol. The number of benzene rings is 1. The molecule has 1 aromatic carbocycles. The fourth-order valence-corrected chi connectivity index (χ4v) is 1.93. The van der Waals surface area contributed by atoms with Gasteiger partial charge in [0, 0.05) is 6.54 Å². The summed E-state index contributed by atoms with van der Waals surface area (Å²) in [6, 6.07) is 8.33. The van der Waals surface area contributed by atoms with E-state index in [-0.39, 0.29) is 0 Å². The fraction of sp³-hybridized carbons (Fsp3) is 0.357. The summed E-state index contributed by atoms with van der Waals surface area (Å²) >= 11 is 0. The molecule has 4 nitrogen and oxygen atoms in total. The Hall–Kier alpha value is -1.81. The Morgan fingerprint density at radius 3 is 2.89 bits per heavy atom. The minimum absolute atomic E-state index is 0.706. The molecule has 0 saturated heterocycles. The van der Waals surface area contributed by atoms with Crippen LogP contribution in [0.4, 0.5) is 5.69 Å². The molecule has 0 fully saturated rings. The standard InChI is InChI=1S/C14H20N4/c1-11-5-3-6-13(9-11)18-12(2)14(10-17-18)16-8-4-7-15/h3,5-6,9-10,16H,4,7-8,15H2,1-2H3. The topological polar surface area (TPSA) is 55.9 Å². The summed E-state index contributed by atoms with van der Waals surface area (Å²) in [6.45, 7) is 5.75. The second kappa shape index (κ2) is 5.69. The number of anilines is 1. The van der Waals surface area contributed by atoms with E-state index < -0.39 is 0 Å². The van der Waals surface area contributed by atoms with Crippen LogP contribution in [0.5, 0.6) is 0 Å². The molecule has 4 heteroatoms. The highest BCUT2D eigenvalue weighted by molar-refractivity contribution is 5.49. The molecular weight excluding hydrogens is 224 g/mol. The van der Waals surface area contributed by atoms with Crippen LogP contribution in [0.2, 0.25) is 0 Å². The zero-order chi connectivity index (χ0) is 13.0. The lowest BCUT2D eigenvalue weighted by Gasteiger charge is -2.07. The van der Waals surface area contributed by atoms with E-state index in [0.29, 0.717) is 6.54 Å². The Bertz CT molecular complexity index is 516. The number of rotatable bonds is 5. The first-order chi connectivity index (χ1) is 8.72. The van der Waals surface area contributed by atoms with Crippen LogP contribution >= 0.6 is 0 Å². The number of hydrogen-bond acceptors (Lipinski definition) is 3. The van der Waals surface area contributed by atoms with Crippen molar-refractivity contribution in [3.05, 3.63) is 41.7 Å². The summed E-state index contributed by atoms with van der Waals surface area (Å²) in [6.07, 6.45) is 2.84. The molecule has 0 aliphatic heterocycles. The van der Waals surface area contributed by atoms with Crippen molar-refractivity contribution in [1.29, 1.82) is 0 Å². The number of nitrogens with one attached hydrogen (secondary N) is 1. The molecule has 3 N–H and O–H groups in total. The second-order valence-corrected chi connectivity index (χ2v) is 4.46. The maximum absolute atomic E-state index is 5.48. The van der Waals surface area contributed by atoms with Crippen LogP contribution in [0.1, 0.15) is 17.7 Å². The minimum Gasteiger partial charge on any atom is -0.382 e. The van der Waals surface area contributed by atoms with Gasteiger partial charge in [0.15, 0.2) is 0 Å². The molecule has 0 unspecified atom stereocenters. The molecule has 0 spiro atoms. The summed E-state index contributed by atoms with van der Waals surface area (Å²) in [5, 5.41) is 7.78. The fourth-order valence-electron chi connectivity index (χ4n) is 1.93. The third-order valence-corrected chi connectivity index (χ3v) is 2.95. The largest absolute Gasteiger partial charge is 0.382 e. The lowest BCUT2D eigenvalue weighted by molar-refractivity contribution is 0.844. The van der Waals surface area contributed by atoms with Gasteiger partial charge in [-0.3, -0.25) is 0 Å². The van der Waals surface area contributed by atoms with Gasteiger partial charge in [-0.1, -0.05) is 12.1 Å². The van der Waals surface area contributed by atoms with Crippen molar-refractivity contribution in [2.24, 2.45) is 5.73 Å². The number of nitrogens with two attached hydrogens (primary N) is 1.